The van der Waals surface area contributed by atoms with Crippen molar-refractivity contribution in [3.63, 3.8) is 0 Å². The van der Waals surface area contributed by atoms with Crippen molar-refractivity contribution in [2.75, 3.05) is 33.4 Å². The molecular formula is C28H29NO3S. The number of methoxy groups -OCH3 is 1. The Balaban J connectivity index is 1.45. The molecule has 3 aromatic carbocycles. The maximum atomic E-state index is 10.6. The molecule has 1 aromatic heterocycles. The Morgan fingerprint density at radius 1 is 0.909 bits per heavy atom. The van der Waals surface area contributed by atoms with E-state index in [1.807, 2.05) is 36.4 Å². The number of rotatable bonds is 7. The van der Waals surface area contributed by atoms with Crippen LogP contribution in [0.15, 0.2) is 66.7 Å². The standard InChI is InChI=1S/C28H29NO3S/c1-31-22-13-14-26-24(19-22)27(28(33-26)23-7-3-4-8-25(23)30)20-9-11-21(12-10-20)32-18-17-29-15-5-2-6-16-29/h3-4,7-14,19,30H,2,5-6,15-18H2,1H3. The van der Waals surface area contributed by atoms with Gasteiger partial charge in [0.1, 0.15) is 23.9 Å². The van der Waals surface area contributed by atoms with E-state index in [0.29, 0.717) is 6.61 Å². The van der Waals surface area contributed by atoms with E-state index >= 15 is 0 Å². The van der Waals surface area contributed by atoms with E-state index in [-0.39, 0.29) is 5.75 Å². The summed E-state index contributed by atoms with van der Waals surface area (Å²) in [6, 6.07) is 22.0. The maximum absolute atomic E-state index is 10.6. The molecule has 0 aliphatic carbocycles. The lowest BCUT2D eigenvalue weighted by molar-refractivity contribution is 0.183. The number of para-hydroxylation sites is 1. The number of likely N-dealkylation sites (tertiary alicyclic amines) is 1. The number of phenolic OH excluding ortho intramolecular Hbond substituents is 1. The zero-order chi connectivity index (χ0) is 22.6. The molecule has 0 atom stereocenters. The zero-order valence-electron chi connectivity index (χ0n) is 18.9. The molecule has 170 valence electrons. The van der Waals surface area contributed by atoms with Crippen LogP contribution < -0.4 is 9.47 Å². The fourth-order valence-corrected chi connectivity index (χ4v) is 5.78. The van der Waals surface area contributed by atoms with Crippen molar-refractivity contribution in [1.29, 1.82) is 0 Å². The van der Waals surface area contributed by atoms with Gasteiger partial charge < -0.3 is 14.6 Å². The third-order valence-electron chi connectivity index (χ3n) is 6.31. The summed E-state index contributed by atoms with van der Waals surface area (Å²) < 4.78 is 12.7. The molecular weight excluding hydrogens is 430 g/mol. The molecule has 0 saturated carbocycles. The summed E-state index contributed by atoms with van der Waals surface area (Å²) in [5.74, 6) is 2.00. The van der Waals surface area contributed by atoms with Gasteiger partial charge in [-0.15, -0.1) is 11.3 Å². The second kappa shape index (κ2) is 9.86. The lowest BCUT2D eigenvalue weighted by atomic mass is 9.98. The molecule has 0 bridgehead atoms. The summed E-state index contributed by atoms with van der Waals surface area (Å²) in [6.07, 6.45) is 3.95. The van der Waals surface area contributed by atoms with Gasteiger partial charge in [-0.05, 0) is 74.0 Å². The fourth-order valence-electron chi connectivity index (χ4n) is 4.54. The number of benzene rings is 3. The summed E-state index contributed by atoms with van der Waals surface area (Å²) in [7, 11) is 1.69. The first-order valence-corrected chi connectivity index (χ1v) is 12.4. The molecule has 1 saturated heterocycles. The Bertz CT molecular complexity index is 1230. The van der Waals surface area contributed by atoms with Crippen LogP contribution in [-0.2, 0) is 0 Å². The molecule has 1 N–H and O–H groups in total. The smallest absolute Gasteiger partial charge is 0.124 e. The molecule has 4 aromatic rings. The van der Waals surface area contributed by atoms with Crippen LogP contribution in [0.25, 0.3) is 31.7 Å². The van der Waals surface area contributed by atoms with Crippen molar-refractivity contribution in [2.45, 2.75) is 19.3 Å². The number of aromatic hydroxyl groups is 1. The van der Waals surface area contributed by atoms with Gasteiger partial charge in [0.15, 0.2) is 0 Å². The third-order valence-corrected chi connectivity index (χ3v) is 7.52. The quantitative estimate of drug-likeness (QED) is 0.329. The predicted octanol–water partition coefficient (Wildman–Crippen LogP) is 6.81. The number of phenols is 1. The summed E-state index contributed by atoms with van der Waals surface area (Å²) in [6.45, 7) is 4.06. The van der Waals surface area contributed by atoms with Crippen LogP contribution in [0.2, 0.25) is 0 Å². The van der Waals surface area contributed by atoms with Crippen LogP contribution in [-0.4, -0.2) is 43.4 Å². The van der Waals surface area contributed by atoms with Crippen molar-refractivity contribution in [2.24, 2.45) is 0 Å². The van der Waals surface area contributed by atoms with Gasteiger partial charge >= 0.3 is 0 Å². The Morgan fingerprint density at radius 3 is 2.42 bits per heavy atom. The van der Waals surface area contributed by atoms with Crippen LogP contribution in [0.3, 0.4) is 0 Å². The van der Waals surface area contributed by atoms with Crippen molar-refractivity contribution < 1.29 is 14.6 Å². The first-order valence-electron chi connectivity index (χ1n) is 11.6. The van der Waals surface area contributed by atoms with E-state index in [2.05, 4.69) is 29.2 Å². The lowest BCUT2D eigenvalue weighted by Gasteiger charge is -2.26. The SMILES string of the molecule is COc1ccc2sc(-c3ccccc3O)c(-c3ccc(OCCN4CCCCC4)cc3)c2c1. The molecule has 1 aliphatic rings. The fraction of sp³-hybridized carbons (Fsp3) is 0.286. The van der Waals surface area contributed by atoms with Gasteiger partial charge in [-0.2, -0.15) is 0 Å². The third kappa shape index (κ3) is 4.70. The highest BCUT2D eigenvalue weighted by molar-refractivity contribution is 7.23. The minimum absolute atomic E-state index is 0.287. The second-order valence-corrected chi connectivity index (χ2v) is 9.51. The molecule has 5 rings (SSSR count). The molecule has 5 heteroatoms. The van der Waals surface area contributed by atoms with Gasteiger partial charge in [0.2, 0.25) is 0 Å². The zero-order valence-corrected chi connectivity index (χ0v) is 19.7. The van der Waals surface area contributed by atoms with Crippen LogP contribution >= 0.6 is 11.3 Å². The van der Waals surface area contributed by atoms with Gasteiger partial charge in [0.25, 0.3) is 0 Å². The van der Waals surface area contributed by atoms with Gasteiger partial charge in [0.05, 0.1) is 7.11 Å². The molecule has 0 amide bonds. The molecule has 1 aliphatic heterocycles. The minimum Gasteiger partial charge on any atom is -0.507 e. The molecule has 0 spiro atoms. The highest BCUT2D eigenvalue weighted by atomic mass is 32.1. The second-order valence-electron chi connectivity index (χ2n) is 8.46. The summed E-state index contributed by atoms with van der Waals surface area (Å²) in [5, 5.41) is 11.7. The van der Waals surface area contributed by atoms with Crippen molar-refractivity contribution in [3.8, 4) is 38.8 Å². The lowest BCUT2D eigenvalue weighted by Crippen LogP contribution is -2.33. The van der Waals surface area contributed by atoms with Gasteiger partial charge in [0, 0.05) is 32.6 Å². The van der Waals surface area contributed by atoms with Crippen molar-refractivity contribution in [1.82, 2.24) is 4.90 Å². The first kappa shape index (κ1) is 21.8. The topological polar surface area (TPSA) is 41.9 Å². The van der Waals surface area contributed by atoms with E-state index in [4.69, 9.17) is 9.47 Å². The van der Waals surface area contributed by atoms with E-state index < -0.39 is 0 Å². The number of hydrogen-bond donors (Lipinski definition) is 1. The highest BCUT2D eigenvalue weighted by Crippen LogP contribution is 2.48. The first-order chi connectivity index (χ1) is 16.2. The monoisotopic (exact) mass is 459 g/mol. The summed E-state index contributed by atoms with van der Waals surface area (Å²) in [4.78, 5) is 3.54. The highest BCUT2D eigenvalue weighted by Gasteiger charge is 2.18. The summed E-state index contributed by atoms with van der Waals surface area (Å²) >= 11 is 1.69. The van der Waals surface area contributed by atoms with Gasteiger partial charge in [-0.25, -0.2) is 0 Å². The Morgan fingerprint density at radius 2 is 1.67 bits per heavy atom. The van der Waals surface area contributed by atoms with Crippen molar-refractivity contribution >= 4 is 21.4 Å². The van der Waals surface area contributed by atoms with Crippen molar-refractivity contribution in [3.05, 3.63) is 66.7 Å². The average Bonchev–Trinajstić information content (AvgIpc) is 3.24. The Hall–Kier alpha value is -3.02. The molecule has 1 fully saturated rings. The maximum Gasteiger partial charge on any atom is 0.124 e. The average molecular weight is 460 g/mol. The predicted molar refractivity (Wildman–Crippen MR) is 137 cm³/mol. The van der Waals surface area contributed by atoms with Crippen LogP contribution in [0.5, 0.6) is 17.2 Å². The summed E-state index contributed by atoms with van der Waals surface area (Å²) in [5.41, 5.74) is 3.04. The van der Waals surface area contributed by atoms with E-state index in [9.17, 15) is 5.11 Å². The van der Waals surface area contributed by atoms with Crippen LogP contribution in [0.1, 0.15) is 19.3 Å². The Kier molecular flexibility index (Phi) is 6.51. The normalized spacial score (nSPS) is 14.5. The van der Waals surface area contributed by atoms with E-state index in [1.165, 1.54) is 32.4 Å². The van der Waals surface area contributed by atoms with E-state index in [1.54, 1.807) is 24.5 Å². The number of nitrogens with zero attached hydrogens (tertiary/aromatic N) is 1. The van der Waals surface area contributed by atoms with Gasteiger partial charge in [-0.3, -0.25) is 4.90 Å². The molecule has 33 heavy (non-hydrogen) atoms. The van der Waals surface area contributed by atoms with E-state index in [0.717, 1.165) is 49.7 Å². The minimum atomic E-state index is 0.287. The molecule has 0 radical (unpaired) electrons. The Labute approximate surface area is 199 Å². The largest absolute Gasteiger partial charge is 0.507 e. The molecule has 4 nitrogen and oxygen atoms in total. The van der Waals surface area contributed by atoms with Crippen LogP contribution in [0, 0.1) is 0 Å². The number of fused-ring (bicyclic) bond motifs is 1. The van der Waals surface area contributed by atoms with Gasteiger partial charge in [-0.1, -0.05) is 30.7 Å². The molecule has 2 heterocycles. The van der Waals surface area contributed by atoms with Crippen LogP contribution in [0.4, 0.5) is 0 Å². The number of hydrogen-bond acceptors (Lipinski definition) is 5. The number of piperidine rings is 1. The number of thiophene rings is 1. The molecule has 0 unspecified atom stereocenters. The number of ether oxygens (including phenoxy) is 2.